The number of thiophene rings is 1. The van der Waals surface area contributed by atoms with E-state index in [9.17, 15) is 14.4 Å². The zero-order valence-corrected chi connectivity index (χ0v) is 19.6. The van der Waals surface area contributed by atoms with Gasteiger partial charge in [0.25, 0.3) is 11.8 Å². The van der Waals surface area contributed by atoms with Crippen molar-refractivity contribution in [2.24, 2.45) is 5.92 Å². The van der Waals surface area contributed by atoms with Gasteiger partial charge in [-0.2, -0.15) is 0 Å². The van der Waals surface area contributed by atoms with E-state index in [2.05, 4.69) is 10.6 Å². The van der Waals surface area contributed by atoms with Gasteiger partial charge >= 0.3 is 0 Å². The molecule has 2 N–H and O–H groups in total. The van der Waals surface area contributed by atoms with Crippen molar-refractivity contribution in [2.45, 2.75) is 44.2 Å². The van der Waals surface area contributed by atoms with Crippen LogP contribution in [0.2, 0.25) is 0 Å². The fraction of sp³-hybridized carbons (Fsp3) is 0.296. The molecule has 2 aromatic carbocycles. The Balaban J connectivity index is 1.33. The summed E-state index contributed by atoms with van der Waals surface area (Å²) in [5, 5.41) is 7.72. The minimum absolute atomic E-state index is 0.0767. The summed E-state index contributed by atoms with van der Waals surface area (Å²) in [6.07, 6.45) is 4.91. The van der Waals surface area contributed by atoms with Gasteiger partial charge < -0.3 is 15.5 Å². The molecule has 34 heavy (non-hydrogen) atoms. The lowest BCUT2D eigenvalue weighted by molar-refractivity contribution is -0.120. The second-order valence-electron chi connectivity index (χ2n) is 8.94. The zero-order valence-electron chi connectivity index (χ0n) is 18.8. The Morgan fingerprint density at radius 1 is 0.853 bits per heavy atom. The Hall–Kier alpha value is -3.45. The molecule has 1 aromatic heterocycles. The summed E-state index contributed by atoms with van der Waals surface area (Å²) < 4.78 is 0. The molecule has 0 spiro atoms. The van der Waals surface area contributed by atoms with Crippen molar-refractivity contribution in [2.75, 3.05) is 10.6 Å². The van der Waals surface area contributed by atoms with E-state index in [4.69, 9.17) is 0 Å². The van der Waals surface area contributed by atoms with Crippen molar-refractivity contribution >= 4 is 40.4 Å². The van der Waals surface area contributed by atoms with E-state index in [0.29, 0.717) is 34.2 Å². The molecule has 7 heteroatoms. The van der Waals surface area contributed by atoms with Gasteiger partial charge in [-0.05, 0) is 67.0 Å². The van der Waals surface area contributed by atoms with E-state index in [1.807, 2.05) is 46.7 Å². The molecule has 0 bridgehead atoms. The highest BCUT2D eigenvalue weighted by molar-refractivity contribution is 7.12. The molecule has 2 heterocycles. The summed E-state index contributed by atoms with van der Waals surface area (Å²) in [5.74, 6) is -0.0842. The van der Waals surface area contributed by atoms with E-state index in [1.165, 1.54) is 11.3 Å². The summed E-state index contributed by atoms with van der Waals surface area (Å²) >= 11 is 1.37. The van der Waals surface area contributed by atoms with E-state index in [1.54, 1.807) is 30.3 Å². The van der Waals surface area contributed by atoms with E-state index in [0.717, 1.165) is 25.7 Å². The first-order chi connectivity index (χ1) is 16.6. The third-order valence-electron chi connectivity index (χ3n) is 6.78. The second-order valence-corrected chi connectivity index (χ2v) is 9.89. The summed E-state index contributed by atoms with van der Waals surface area (Å²) in [6.45, 7) is 0. The Bertz CT molecular complexity index is 1180. The molecule has 3 amide bonds. The average molecular weight is 474 g/mol. The molecule has 1 saturated heterocycles. The van der Waals surface area contributed by atoms with Gasteiger partial charge in [0.2, 0.25) is 5.91 Å². The standard InChI is InChI=1S/C27H27N3O3S/c31-25(28-20-11-6-12-21(17-20)29-26(32)24-14-7-15-34-24)23-16-19-10-4-5-13-22(19)30(23)27(33)18-8-2-1-3-9-18/h1-3,6-9,11-12,14-15,17,19,22-23H,4-5,10,13,16H2,(H,28,31)(H,29,32). The molecule has 3 aromatic rings. The molecule has 1 aliphatic carbocycles. The maximum Gasteiger partial charge on any atom is 0.265 e. The lowest BCUT2D eigenvalue weighted by Gasteiger charge is -2.33. The van der Waals surface area contributed by atoms with Crippen LogP contribution in [0.3, 0.4) is 0 Å². The number of rotatable bonds is 5. The largest absolute Gasteiger partial charge is 0.324 e. The number of likely N-dealkylation sites (tertiary alicyclic amines) is 1. The number of nitrogens with one attached hydrogen (secondary N) is 2. The van der Waals surface area contributed by atoms with E-state index < -0.39 is 6.04 Å². The third-order valence-corrected chi connectivity index (χ3v) is 7.65. The minimum Gasteiger partial charge on any atom is -0.324 e. The SMILES string of the molecule is O=C(Nc1cccc(NC(=O)C2CC3CCCCC3N2C(=O)c2ccccc2)c1)c1cccs1. The summed E-state index contributed by atoms with van der Waals surface area (Å²) in [7, 11) is 0. The first kappa shape index (κ1) is 22.3. The molecule has 6 nitrogen and oxygen atoms in total. The van der Waals surface area contributed by atoms with Crippen molar-refractivity contribution in [3.63, 3.8) is 0 Å². The lowest BCUT2D eigenvalue weighted by Crippen LogP contribution is -2.47. The van der Waals surface area contributed by atoms with Gasteiger partial charge in [-0.3, -0.25) is 14.4 Å². The molecule has 174 valence electrons. The molecule has 2 fully saturated rings. The highest BCUT2D eigenvalue weighted by Gasteiger charge is 2.47. The number of carbonyl (C=O) groups is 3. The smallest absolute Gasteiger partial charge is 0.265 e. The molecular formula is C27H27N3O3S. The van der Waals surface area contributed by atoms with Crippen LogP contribution < -0.4 is 10.6 Å². The van der Waals surface area contributed by atoms with Gasteiger partial charge in [-0.25, -0.2) is 0 Å². The van der Waals surface area contributed by atoms with Crippen molar-refractivity contribution in [3.05, 3.63) is 82.6 Å². The Morgan fingerprint density at radius 2 is 1.62 bits per heavy atom. The molecule has 3 unspecified atom stereocenters. The number of hydrogen-bond acceptors (Lipinski definition) is 4. The monoisotopic (exact) mass is 473 g/mol. The van der Waals surface area contributed by atoms with Crippen molar-refractivity contribution < 1.29 is 14.4 Å². The van der Waals surface area contributed by atoms with E-state index in [-0.39, 0.29) is 23.8 Å². The lowest BCUT2D eigenvalue weighted by atomic mass is 9.84. The molecule has 1 aliphatic heterocycles. The Labute approximate surface area is 203 Å². The van der Waals surface area contributed by atoms with Crippen LogP contribution in [0.1, 0.15) is 52.1 Å². The van der Waals surface area contributed by atoms with Crippen LogP contribution in [0.5, 0.6) is 0 Å². The van der Waals surface area contributed by atoms with Crippen LogP contribution in [-0.2, 0) is 4.79 Å². The van der Waals surface area contributed by atoms with Crippen LogP contribution in [0.15, 0.2) is 72.1 Å². The van der Waals surface area contributed by atoms with Gasteiger partial charge in [0.1, 0.15) is 6.04 Å². The molecule has 2 aliphatic rings. The summed E-state index contributed by atoms with van der Waals surface area (Å²) in [6, 6.07) is 19.5. The highest BCUT2D eigenvalue weighted by Crippen LogP contribution is 2.41. The number of nitrogens with zero attached hydrogens (tertiary/aromatic N) is 1. The summed E-state index contributed by atoms with van der Waals surface area (Å²) in [5.41, 5.74) is 1.81. The predicted molar refractivity (Wildman–Crippen MR) is 134 cm³/mol. The fourth-order valence-electron chi connectivity index (χ4n) is 5.22. The highest BCUT2D eigenvalue weighted by atomic mass is 32.1. The molecular weight excluding hydrogens is 446 g/mol. The molecule has 1 saturated carbocycles. The van der Waals surface area contributed by atoms with Gasteiger partial charge in [-0.15, -0.1) is 11.3 Å². The van der Waals surface area contributed by atoms with Gasteiger partial charge in [0.15, 0.2) is 0 Å². The van der Waals surface area contributed by atoms with Crippen molar-refractivity contribution in [3.8, 4) is 0 Å². The maximum absolute atomic E-state index is 13.5. The van der Waals surface area contributed by atoms with Crippen LogP contribution in [0, 0.1) is 5.92 Å². The number of anilines is 2. The number of fused-ring (bicyclic) bond motifs is 1. The number of benzene rings is 2. The van der Waals surface area contributed by atoms with Crippen molar-refractivity contribution in [1.29, 1.82) is 0 Å². The van der Waals surface area contributed by atoms with Gasteiger partial charge in [0.05, 0.1) is 4.88 Å². The van der Waals surface area contributed by atoms with Crippen LogP contribution in [-0.4, -0.2) is 34.7 Å². The molecule has 3 atom stereocenters. The quantitative estimate of drug-likeness (QED) is 0.520. The second kappa shape index (κ2) is 9.81. The average Bonchev–Trinajstić information content (AvgIpc) is 3.53. The van der Waals surface area contributed by atoms with Crippen LogP contribution in [0.4, 0.5) is 11.4 Å². The van der Waals surface area contributed by atoms with E-state index >= 15 is 0 Å². The third kappa shape index (κ3) is 4.61. The number of carbonyl (C=O) groups excluding carboxylic acids is 3. The number of amides is 3. The number of hydrogen-bond donors (Lipinski definition) is 2. The van der Waals surface area contributed by atoms with Gasteiger partial charge in [-0.1, -0.05) is 43.2 Å². The maximum atomic E-state index is 13.5. The Kier molecular flexibility index (Phi) is 6.45. The minimum atomic E-state index is -0.509. The van der Waals surface area contributed by atoms with Crippen LogP contribution >= 0.6 is 11.3 Å². The first-order valence-electron chi connectivity index (χ1n) is 11.7. The van der Waals surface area contributed by atoms with Crippen LogP contribution in [0.25, 0.3) is 0 Å². The Morgan fingerprint density at radius 3 is 2.38 bits per heavy atom. The topological polar surface area (TPSA) is 78.5 Å². The molecule has 5 rings (SSSR count). The van der Waals surface area contributed by atoms with Gasteiger partial charge in [0, 0.05) is 23.0 Å². The zero-order chi connectivity index (χ0) is 23.5. The normalized spacial score (nSPS) is 21.5. The predicted octanol–water partition coefficient (Wildman–Crippen LogP) is 5.41. The fourth-order valence-corrected chi connectivity index (χ4v) is 5.84. The first-order valence-corrected chi connectivity index (χ1v) is 12.6. The molecule has 0 radical (unpaired) electrons. The van der Waals surface area contributed by atoms with Crippen molar-refractivity contribution in [1.82, 2.24) is 4.90 Å². The summed E-state index contributed by atoms with van der Waals surface area (Å²) in [4.78, 5) is 41.7.